The maximum Gasteiger partial charge on any atom is 0.226 e. The quantitative estimate of drug-likeness (QED) is 0.827. The number of H-pyrrole nitrogens is 1. The van der Waals surface area contributed by atoms with Crippen LogP contribution in [0.5, 0.6) is 0 Å². The summed E-state index contributed by atoms with van der Waals surface area (Å²) in [6, 6.07) is 8.49. The molecule has 0 radical (unpaired) electrons. The second-order valence-corrected chi connectivity index (χ2v) is 7.27. The molecule has 144 valence electrons. The number of nitrogens with zero attached hydrogens (tertiary/aromatic N) is 2. The summed E-state index contributed by atoms with van der Waals surface area (Å²) in [5.41, 5.74) is 3.39. The molecule has 4 nitrogen and oxygen atoms in total. The van der Waals surface area contributed by atoms with Crippen LogP contribution in [0, 0.1) is 18.8 Å². The summed E-state index contributed by atoms with van der Waals surface area (Å²) in [6.45, 7) is 9.16. The average Bonchev–Trinajstić information content (AvgIpc) is 3.22. The fourth-order valence-electron chi connectivity index (χ4n) is 3.25. The highest BCUT2D eigenvalue weighted by molar-refractivity contribution is 7.59. The molecule has 1 aliphatic heterocycles. The van der Waals surface area contributed by atoms with Crippen molar-refractivity contribution in [2.24, 2.45) is 11.8 Å². The number of imidazole rings is 1. The van der Waals surface area contributed by atoms with Crippen LogP contribution in [-0.2, 0) is 4.79 Å². The van der Waals surface area contributed by atoms with Gasteiger partial charge in [0.05, 0.1) is 17.9 Å². The van der Waals surface area contributed by atoms with Crippen LogP contribution in [0.25, 0.3) is 11.3 Å². The summed E-state index contributed by atoms with van der Waals surface area (Å²) in [7, 11) is 0. The van der Waals surface area contributed by atoms with E-state index in [1.54, 1.807) is 0 Å². The number of aryl methyl sites for hydroxylation is 1. The highest BCUT2D eigenvalue weighted by Gasteiger charge is 2.34. The van der Waals surface area contributed by atoms with Crippen molar-refractivity contribution in [1.29, 1.82) is 0 Å². The summed E-state index contributed by atoms with van der Waals surface area (Å²) in [6.07, 6.45) is 3.91. The fraction of sp³-hybridized carbons (Fsp3) is 0.500. The first-order valence-electron chi connectivity index (χ1n) is 8.89. The van der Waals surface area contributed by atoms with Gasteiger partial charge in [-0.2, -0.15) is 27.0 Å². The van der Waals surface area contributed by atoms with E-state index in [0.29, 0.717) is 5.92 Å². The van der Waals surface area contributed by atoms with E-state index in [1.165, 1.54) is 5.56 Å². The van der Waals surface area contributed by atoms with E-state index in [2.05, 4.69) is 55.0 Å². The zero-order valence-corrected chi connectivity index (χ0v) is 18.0. The lowest BCUT2D eigenvalue weighted by Gasteiger charge is -2.27. The van der Waals surface area contributed by atoms with Crippen molar-refractivity contribution in [1.82, 2.24) is 14.9 Å². The molecular weight excluding hydrogens is 362 g/mol. The number of hydrogen-bond donors (Lipinski definition) is 1. The number of nitrogens with one attached hydrogen (secondary N) is 1. The van der Waals surface area contributed by atoms with Crippen LogP contribution in [0.4, 0.5) is 0 Å². The molecule has 1 aliphatic rings. The fourth-order valence-corrected chi connectivity index (χ4v) is 3.25. The highest BCUT2D eigenvalue weighted by atomic mass is 32.1. The molecule has 3 rings (SSSR count). The highest BCUT2D eigenvalue weighted by Crippen LogP contribution is 2.33. The Kier molecular flexibility index (Phi) is 8.28. The van der Waals surface area contributed by atoms with Gasteiger partial charge in [0.15, 0.2) is 0 Å². The van der Waals surface area contributed by atoms with Crippen LogP contribution >= 0.6 is 27.0 Å². The van der Waals surface area contributed by atoms with Gasteiger partial charge in [-0.15, -0.1) is 0 Å². The first-order valence-corrected chi connectivity index (χ1v) is 8.89. The molecule has 1 N–H and O–H groups in total. The monoisotopic (exact) mass is 393 g/mol. The topological polar surface area (TPSA) is 49.0 Å². The number of hydrogen-bond acceptors (Lipinski definition) is 2. The van der Waals surface area contributed by atoms with Gasteiger partial charge in [-0.3, -0.25) is 4.79 Å². The van der Waals surface area contributed by atoms with Crippen molar-refractivity contribution in [3.63, 3.8) is 0 Å². The molecule has 6 heteroatoms. The van der Waals surface area contributed by atoms with Crippen molar-refractivity contribution in [3.05, 3.63) is 41.9 Å². The first-order chi connectivity index (χ1) is 11.5. The van der Waals surface area contributed by atoms with Crippen LogP contribution in [0.1, 0.15) is 51.0 Å². The van der Waals surface area contributed by atoms with Gasteiger partial charge < -0.3 is 9.88 Å². The largest absolute Gasteiger partial charge is 0.340 e. The number of amides is 1. The van der Waals surface area contributed by atoms with Crippen molar-refractivity contribution in [3.8, 4) is 11.3 Å². The molecule has 1 aromatic heterocycles. The lowest BCUT2D eigenvalue weighted by atomic mass is 9.96. The summed E-state index contributed by atoms with van der Waals surface area (Å²) in [5.74, 6) is 1.57. The van der Waals surface area contributed by atoms with E-state index in [-0.39, 0.29) is 44.9 Å². The van der Waals surface area contributed by atoms with E-state index < -0.39 is 0 Å². The molecule has 0 spiro atoms. The number of carbonyl (C=O) groups is 1. The lowest BCUT2D eigenvalue weighted by Crippen LogP contribution is -2.36. The lowest BCUT2D eigenvalue weighted by molar-refractivity contribution is -0.137. The van der Waals surface area contributed by atoms with Gasteiger partial charge in [-0.05, 0) is 31.2 Å². The smallest absolute Gasteiger partial charge is 0.226 e. The first kappa shape index (κ1) is 22.6. The maximum absolute atomic E-state index is 12.8. The van der Waals surface area contributed by atoms with Crippen LogP contribution in [0.3, 0.4) is 0 Å². The van der Waals surface area contributed by atoms with E-state index in [9.17, 15) is 4.79 Å². The Morgan fingerprint density at radius 2 is 1.85 bits per heavy atom. The van der Waals surface area contributed by atoms with Crippen molar-refractivity contribution < 1.29 is 4.79 Å². The Labute approximate surface area is 170 Å². The number of benzene rings is 1. The summed E-state index contributed by atoms with van der Waals surface area (Å²) in [5, 5.41) is 0. The third-order valence-electron chi connectivity index (χ3n) is 5.20. The number of rotatable bonds is 4. The molecule has 1 saturated heterocycles. The van der Waals surface area contributed by atoms with Crippen molar-refractivity contribution in [2.45, 2.75) is 46.6 Å². The predicted octanol–water partition coefficient (Wildman–Crippen LogP) is 4.57. The Morgan fingerprint density at radius 3 is 2.46 bits per heavy atom. The Balaban J connectivity index is 0.00000169. The molecule has 1 amide bonds. The van der Waals surface area contributed by atoms with Gasteiger partial charge in [0, 0.05) is 12.5 Å². The number of carbonyl (C=O) groups excluding carboxylic acids is 1. The van der Waals surface area contributed by atoms with Crippen LogP contribution in [-0.4, -0.2) is 27.3 Å². The van der Waals surface area contributed by atoms with Gasteiger partial charge in [0.2, 0.25) is 5.91 Å². The Hall–Kier alpha value is -1.40. The van der Waals surface area contributed by atoms with Crippen molar-refractivity contribution in [2.75, 3.05) is 6.54 Å². The zero-order chi connectivity index (χ0) is 17.3. The molecule has 1 fully saturated rings. The predicted molar refractivity (Wildman–Crippen MR) is 117 cm³/mol. The minimum atomic E-state index is 0. The van der Waals surface area contributed by atoms with Gasteiger partial charge in [-0.1, -0.05) is 50.6 Å². The SMILES string of the molecule is Cc1ccc(-c2cnc([C@@H]3CCCN3C(=O)[C@@H](C)C(C)C)[nH]2)cc1.S.S. The number of aromatic nitrogens is 2. The molecule has 0 saturated carbocycles. The second kappa shape index (κ2) is 9.51. The Bertz CT molecular complexity index is 712. The molecule has 2 aromatic rings. The molecule has 2 heterocycles. The summed E-state index contributed by atoms with van der Waals surface area (Å²) >= 11 is 0. The summed E-state index contributed by atoms with van der Waals surface area (Å²) < 4.78 is 0. The molecule has 0 aliphatic carbocycles. The van der Waals surface area contributed by atoms with Crippen LogP contribution in [0.2, 0.25) is 0 Å². The van der Waals surface area contributed by atoms with E-state index in [1.807, 2.05) is 18.0 Å². The minimum Gasteiger partial charge on any atom is -0.340 e. The molecule has 1 aromatic carbocycles. The molecule has 2 atom stereocenters. The number of aromatic amines is 1. The van der Waals surface area contributed by atoms with E-state index >= 15 is 0 Å². The van der Waals surface area contributed by atoms with Crippen LogP contribution in [0.15, 0.2) is 30.5 Å². The third-order valence-corrected chi connectivity index (χ3v) is 5.20. The summed E-state index contributed by atoms with van der Waals surface area (Å²) in [4.78, 5) is 22.8. The van der Waals surface area contributed by atoms with Gasteiger partial charge in [0.1, 0.15) is 5.82 Å². The van der Waals surface area contributed by atoms with Crippen molar-refractivity contribution >= 4 is 32.9 Å². The molecule has 0 bridgehead atoms. The Morgan fingerprint density at radius 1 is 1.19 bits per heavy atom. The second-order valence-electron chi connectivity index (χ2n) is 7.27. The minimum absolute atomic E-state index is 0. The molecule has 26 heavy (non-hydrogen) atoms. The zero-order valence-electron chi connectivity index (χ0n) is 16.0. The van der Waals surface area contributed by atoms with Gasteiger partial charge in [0.25, 0.3) is 0 Å². The third kappa shape index (κ3) is 4.65. The standard InChI is InChI=1S/C20H27N3O.2H2S/c1-13(2)15(4)20(24)23-11-5-6-18(23)19-21-12-17(22-19)16-9-7-14(3)8-10-16;;/h7-10,12-13,15,18H,5-6,11H2,1-4H3,(H,21,22);2*1H2/t15-,18-;;/m0../s1. The molecule has 0 unspecified atom stereocenters. The van der Waals surface area contributed by atoms with Gasteiger partial charge >= 0.3 is 0 Å². The number of likely N-dealkylation sites (tertiary alicyclic amines) is 1. The van der Waals surface area contributed by atoms with Gasteiger partial charge in [-0.25, -0.2) is 4.98 Å². The maximum atomic E-state index is 12.8. The average molecular weight is 394 g/mol. The van der Waals surface area contributed by atoms with E-state index in [0.717, 1.165) is 36.5 Å². The normalized spacial score (nSPS) is 17.6. The molecular formula is C20H31N3OS2. The van der Waals surface area contributed by atoms with Crippen LogP contribution < -0.4 is 0 Å². The van der Waals surface area contributed by atoms with E-state index in [4.69, 9.17) is 0 Å².